The Bertz CT molecular complexity index is 430. The van der Waals surface area contributed by atoms with Crippen molar-refractivity contribution < 1.29 is 4.74 Å². The van der Waals surface area contributed by atoms with Gasteiger partial charge >= 0.3 is 0 Å². The molecule has 0 fully saturated rings. The molecule has 0 radical (unpaired) electrons. The smallest absolute Gasteiger partial charge is 0.122 e. The van der Waals surface area contributed by atoms with Crippen LogP contribution in [0.1, 0.15) is 16.7 Å². The Hall–Kier alpha value is -1.22. The zero-order valence-corrected chi connectivity index (χ0v) is 11.4. The number of benzene rings is 1. The molecule has 0 saturated heterocycles. The Morgan fingerprint density at radius 3 is 2.65 bits per heavy atom. The van der Waals surface area contributed by atoms with Crippen molar-refractivity contribution >= 4 is 18.2 Å². The lowest BCUT2D eigenvalue weighted by atomic mass is 10.0. The number of aryl methyl sites for hydroxylation is 2. The number of hydrogen-bond acceptors (Lipinski definition) is 3. The number of nitrogens with zero attached hydrogens (tertiary/aromatic N) is 1. The van der Waals surface area contributed by atoms with Gasteiger partial charge in [0.1, 0.15) is 11.6 Å². The lowest BCUT2D eigenvalue weighted by molar-refractivity contribution is 0.411. The molecule has 0 amide bonds. The first-order valence-corrected chi connectivity index (χ1v) is 5.62. The first kappa shape index (κ1) is 13.8. The highest BCUT2D eigenvalue weighted by molar-refractivity contribution is 5.86. The molecule has 1 aliphatic rings. The van der Waals surface area contributed by atoms with Crippen molar-refractivity contribution in [1.82, 2.24) is 5.32 Å². The van der Waals surface area contributed by atoms with E-state index >= 15 is 0 Å². The van der Waals surface area contributed by atoms with E-state index in [1.54, 1.807) is 7.11 Å². The zero-order chi connectivity index (χ0) is 11.5. The normalized spacial score (nSPS) is 13.7. The van der Waals surface area contributed by atoms with Gasteiger partial charge in [0, 0.05) is 13.0 Å². The van der Waals surface area contributed by atoms with Gasteiger partial charge in [-0.05, 0) is 36.6 Å². The summed E-state index contributed by atoms with van der Waals surface area (Å²) in [5.41, 5.74) is 3.77. The van der Waals surface area contributed by atoms with Crippen LogP contribution >= 0.6 is 12.4 Å². The molecule has 1 aromatic carbocycles. The molecule has 0 bridgehead atoms. The predicted molar refractivity (Wildman–Crippen MR) is 73.7 cm³/mol. The highest BCUT2D eigenvalue weighted by atomic mass is 35.5. The van der Waals surface area contributed by atoms with Crippen LogP contribution in [0.15, 0.2) is 17.1 Å². The van der Waals surface area contributed by atoms with Crippen molar-refractivity contribution in [1.29, 1.82) is 0 Å². The van der Waals surface area contributed by atoms with Gasteiger partial charge in [0.25, 0.3) is 0 Å². The van der Waals surface area contributed by atoms with E-state index in [9.17, 15) is 0 Å². The molecule has 94 valence electrons. The molecule has 1 heterocycles. The van der Waals surface area contributed by atoms with Gasteiger partial charge in [-0.2, -0.15) is 0 Å². The average Bonchev–Trinajstić information content (AvgIpc) is 2.75. The van der Waals surface area contributed by atoms with Crippen LogP contribution in [0.5, 0.6) is 5.75 Å². The highest BCUT2D eigenvalue weighted by Gasteiger charge is 2.10. The van der Waals surface area contributed by atoms with E-state index in [1.807, 2.05) is 0 Å². The van der Waals surface area contributed by atoms with E-state index in [4.69, 9.17) is 4.74 Å². The van der Waals surface area contributed by atoms with Gasteiger partial charge in [0.15, 0.2) is 0 Å². The van der Waals surface area contributed by atoms with Gasteiger partial charge < -0.3 is 10.1 Å². The molecule has 0 atom stereocenters. The lowest BCUT2D eigenvalue weighted by Crippen LogP contribution is -2.21. The monoisotopic (exact) mass is 254 g/mol. The summed E-state index contributed by atoms with van der Waals surface area (Å²) in [6, 6.07) is 4.29. The predicted octanol–water partition coefficient (Wildman–Crippen LogP) is 2.28. The molecule has 17 heavy (non-hydrogen) atoms. The fourth-order valence-electron chi connectivity index (χ4n) is 2.01. The summed E-state index contributed by atoms with van der Waals surface area (Å²) in [6.45, 7) is 6.07. The highest BCUT2D eigenvalue weighted by Crippen LogP contribution is 2.23. The molecule has 3 nitrogen and oxygen atoms in total. The summed E-state index contributed by atoms with van der Waals surface area (Å²) < 4.78 is 5.30. The Kier molecular flexibility index (Phi) is 4.82. The minimum Gasteiger partial charge on any atom is -0.496 e. The van der Waals surface area contributed by atoms with Gasteiger partial charge in [-0.3, -0.25) is 4.99 Å². The van der Waals surface area contributed by atoms with Gasteiger partial charge in [-0.1, -0.05) is 6.07 Å². The van der Waals surface area contributed by atoms with Crippen molar-refractivity contribution in [3.63, 3.8) is 0 Å². The maximum Gasteiger partial charge on any atom is 0.122 e. The molecule has 0 aromatic heterocycles. The number of aliphatic imine (C=N–C) groups is 1. The molecule has 1 aliphatic heterocycles. The first-order chi connectivity index (χ1) is 7.70. The SMILES string of the molecule is COc1cc(C)c(CC2=NCCN2)cc1C.Cl. The zero-order valence-electron chi connectivity index (χ0n) is 10.5. The van der Waals surface area contributed by atoms with Crippen molar-refractivity contribution in [2.24, 2.45) is 4.99 Å². The Balaban J connectivity index is 0.00000144. The molecule has 0 saturated carbocycles. The van der Waals surface area contributed by atoms with Gasteiger partial charge in [-0.15, -0.1) is 12.4 Å². The van der Waals surface area contributed by atoms with Crippen LogP contribution in [0.4, 0.5) is 0 Å². The van der Waals surface area contributed by atoms with Crippen LogP contribution < -0.4 is 10.1 Å². The summed E-state index contributed by atoms with van der Waals surface area (Å²) in [4.78, 5) is 4.42. The standard InChI is InChI=1S/C13H18N2O.ClH/c1-9-7-12(16-3)10(2)6-11(9)8-13-14-4-5-15-13;/h6-7H,4-5,8H2,1-3H3,(H,14,15);1H. The number of halogens is 1. The summed E-state index contributed by atoms with van der Waals surface area (Å²) in [6.07, 6.45) is 0.899. The van der Waals surface area contributed by atoms with Crippen LogP contribution in [-0.2, 0) is 6.42 Å². The molecule has 1 N–H and O–H groups in total. The summed E-state index contributed by atoms with van der Waals surface area (Å²) in [5, 5.41) is 3.30. The second-order valence-electron chi connectivity index (χ2n) is 4.18. The topological polar surface area (TPSA) is 33.6 Å². The quantitative estimate of drug-likeness (QED) is 0.898. The van der Waals surface area contributed by atoms with E-state index in [0.29, 0.717) is 0 Å². The van der Waals surface area contributed by atoms with Crippen molar-refractivity contribution in [2.75, 3.05) is 20.2 Å². The third-order valence-electron chi connectivity index (χ3n) is 2.95. The van der Waals surface area contributed by atoms with Crippen molar-refractivity contribution in [3.05, 3.63) is 28.8 Å². The van der Waals surface area contributed by atoms with Crippen molar-refractivity contribution in [2.45, 2.75) is 20.3 Å². The maximum atomic E-state index is 5.30. The van der Waals surface area contributed by atoms with Crippen LogP contribution in [0.3, 0.4) is 0 Å². The number of rotatable bonds is 3. The van der Waals surface area contributed by atoms with E-state index in [-0.39, 0.29) is 12.4 Å². The summed E-state index contributed by atoms with van der Waals surface area (Å²) >= 11 is 0. The third kappa shape index (κ3) is 3.13. The molecule has 0 unspecified atom stereocenters. The third-order valence-corrected chi connectivity index (χ3v) is 2.95. The van der Waals surface area contributed by atoms with E-state index < -0.39 is 0 Å². The summed E-state index contributed by atoms with van der Waals surface area (Å²) in [5.74, 6) is 2.07. The molecule has 0 aliphatic carbocycles. The second-order valence-corrected chi connectivity index (χ2v) is 4.18. The maximum absolute atomic E-state index is 5.30. The Morgan fingerprint density at radius 2 is 2.06 bits per heavy atom. The van der Waals surface area contributed by atoms with E-state index in [1.165, 1.54) is 16.7 Å². The molecular weight excluding hydrogens is 236 g/mol. The molecule has 1 aromatic rings. The Labute approximate surface area is 109 Å². The van der Waals surface area contributed by atoms with Crippen LogP contribution in [-0.4, -0.2) is 26.0 Å². The van der Waals surface area contributed by atoms with Crippen LogP contribution in [0.2, 0.25) is 0 Å². The fraction of sp³-hybridized carbons (Fsp3) is 0.462. The molecule has 0 spiro atoms. The Morgan fingerprint density at radius 1 is 1.29 bits per heavy atom. The first-order valence-electron chi connectivity index (χ1n) is 5.62. The second kappa shape index (κ2) is 5.92. The van der Waals surface area contributed by atoms with Gasteiger partial charge in [0.2, 0.25) is 0 Å². The van der Waals surface area contributed by atoms with E-state index in [0.717, 1.165) is 31.1 Å². The number of nitrogens with one attached hydrogen (secondary N) is 1. The number of amidine groups is 1. The summed E-state index contributed by atoms with van der Waals surface area (Å²) in [7, 11) is 1.71. The minimum absolute atomic E-state index is 0. The molecule has 4 heteroatoms. The van der Waals surface area contributed by atoms with Gasteiger partial charge in [0.05, 0.1) is 13.7 Å². The number of hydrogen-bond donors (Lipinski definition) is 1. The minimum atomic E-state index is 0. The lowest BCUT2D eigenvalue weighted by Gasteiger charge is -2.11. The largest absolute Gasteiger partial charge is 0.496 e. The van der Waals surface area contributed by atoms with Crippen molar-refractivity contribution in [3.8, 4) is 5.75 Å². The van der Waals surface area contributed by atoms with Crippen LogP contribution in [0.25, 0.3) is 0 Å². The fourth-order valence-corrected chi connectivity index (χ4v) is 2.01. The van der Waals surface area contributed by atoms with Gasteiger partial charge in [-0.25, -0.2) is 0 Å². The average molecular weight is 255 g/mol. The molecular formula is C13H19ClN2O. The molecule has 2 rings (SSSR count). The van der Waals surface area contributed by atoms with Crippen LogP contribution in [0, 0.1) is 13.8 Å². The number of ether oxygens (including phenoxy) is 1. The number of methoxy groups -OCH3 is 1. The van der Waals surface area contributed by atoms with E-state index in [2.05, 4.69) is 36.3 Å².